The third-order valence-electron chi connectivity index (χ3n) is 3.15. The molecular weight excluding hydrogens is 356 g/mol. The zero-order valence-electron chi connectivity index (χ0n) is 14.9. The van der Waals surface area contributed by atoms with Gasteiger partial charge in [0.15, 0.2) is 0 Å². The normalized spacial score (nSPS) is 12.0. The van der Waals surface area contributed by atoms with Crippen molar-refractivity contribution >= 4 is 13.1 Å². The summed E-state index contributed by atoms with van der Waals surface area (Å²) in [6.45, 7) is 9.87. The molecule has 1 unspecified atom stereocenters. The van der Waals surface area contributed by atoms with Crippen LogP contribution in [0.2, 0.25) is 13.1 Å². The number of benzene rings is 1. The van der Waals surface area contributed by atoms with Gasteiger partial charge in [-0.05, 0) is 0 Å². The maximum absolute atomic E-state index is 6.22. The van der Waals surface area contributed by atoms with Crippen molar-refractivity contribution in [1.29, 1.82) is 0 Å². The molecule has 0 bridgehead atoms. The van der Waals surface area contributed by atoms with Crippen molar-refractivity contribution in [2.45, 2.75) is 45.4 Å². The molecule has 0 radical (unpaired) electrons. The second-order valence-electron chi connectivity index (χ2n) is 5.70. The number of allylic oxidation sites excluding steroid dienone is 1. The van der Waals surface area contributed by atoms with E-state index in [2.05, 4.69) is 41.2 Å². The van der Waals surface area contributed by atoms with E-state index in [9.17, 15) is 0 Å². The Morgan fingerprint density at radius 2 is 2.08 bits per heavy atom. The van der Waals surface area contributed by atoms with Crippen molar-refractivity contribution in [3.05, 3.63) is 42.5 Å². The van der Waals surface area contributed by atoms with Crippen LogP contribution in [-0.2, 0) is 24.7 Å². The van der Waals surface area contributed by atoms with E-state index in [1.54, 1.807) is 13.2 Å². The number of hydrogen-bond acceptors (Lipinski definition) is 3. The summed E-state index contributed by atoms with van der Waals surface area (Å²) in [6, 6.07) is 7.75. The van der Waals surface area contributed by atoms with Gasteiger partial charge in [-0.3, -0.25) is 0 Å². The van der Waals surface area contributed by atoms with Crippen molar-refractivity contribution in [3.8, 4) is 17.6 Å². The molecule has 0 saturated heterocycles. The van der Waals surface area contributed by atoms with Crippen molar-refractivity contribution in [2.75, 3.05) is 7.11 Å². The Morgan fingerprint density at radius 1 is 1.38 bits per heavy atom. The molecule has 0 saturated carbocycles. The maximum atomic E-state index is 6.22. The fraction of sp³-hybridized carbons (Fsp3) is 0.421. The summed E-state index contributed by atoms with van der Waals surface area (Å²) < 4.78 is 18.5. The first kappa shape index (κ1) is 20.9. The fourth-order valence-electron chi connectivity index (χ4n) is 2.13. The van der Waals surface area contributed by atoms with Crippen LogP contribution in [0.5, 0.6) is 5.75 Å². The van der Waals surface area contributed by atoms with Crippen LogP contribution in [0, 0.1) is 11.8 Å². The predicted octanol–water partition coefficient (Wildman–Crippen LogP) is 4.20. The molecule has 1 atom stereocenters. The summed E-state index contributed by atoms with van der Waals surface area (Å²) in [5.41, 5.74) is 0.897. The van der Waals surface area contributed by atoms with Crippen LogP contribution in [0.25, 0.3) is 0 Å². The van der Waals surface area contributed by atoms with Gasteiger partial charge in [0.25, 0.3) is 0 Å². The first-order chi connectivity index (χ1) is 11.4. The van der Waals surface area contributed by atoms with E-state index in [0.29, 0.717) is 11.0 Å². The third-order valence-corrected chi connectivity index (χ3v) is 5.41. The molecule has 130 valence electrons. The quantitative estimate of drug-likeness (QED) is 0.364. The van der Waals surface area contributed by atoms with Gasteiger partial charge in [0.2, 0.25) is 0 Å². The number of methoxy groups -OCH3 is 1. The van der Waals surface area contributed by atoms with Crippen LogP contribution >= 0.6 is 0 Å². The summed E-state index contributed by atoms with van der Waals surface area (Å²) in [6.07, 6.45) is 4.26. The van der Waals surface area contributed by atoms with E-state index in [1.165, 1.54) is 0 Å². The van der Waals surface area contributed by atoms with Gasteiger partial charge in [-0.25, -0.2) is 0 Å². The second kappa shape index (κ2) is 10.7. The van der Waals surface area contributed by atoms with Gasteiger partial charge in [-0.15, -0.1) is 0 Å². The van der Waals surface area contributed by atoms with Crippen molar-refractivity contribution in [1.82, 2.24) is 0 Å². The van der Waals surface area contributed by atoms with Crippen molar-refractivity contribution in [3.63, 3.8) is 0 Å². The van der Waals surface area contributed by atoms with Gasteiger partial charge in [0.1, 0.15) is 0 Å². The topological polar surface area (TPSA) is 27.7 Å². The van der Waals surface area contributed by atoms with E-state index in [0.717, 1.165) is 24.2 Å². The second-order valence-corrected chi connectivity index (χ2v) is 9.52. The van der Waals surface area contributed by atoms with Crippen LogP contribution in [0.4, 0.5) is 0 Å². The SMILES string of the molecule is C=CCC#CC(CCC)O[Si](C)(C)O[C](=[Cr])c1ccccc1OC. The molecule has 0 aliphatic rings. The van der Waals surface area contributed by atoms with Crippen LogP contribution in [0.15, 0.2) is 36.9 Å². The summed E-state index contributed by atoms with van der Waals surface area (Å²) in [4.78, 5) is 0. The van der Waals surface area contributed by atoms with Crippen LogP contribution in [0.1, 0.15) is 31.7 Å². The molecule has 1 aromatic carbocycles. The number of rotatable bonds is 9. The Labute approximate surface area is 155 Å². The molecule has 0 aliphatic heterocycles. The van der Waals surface area contributed by atoms with Crippen LogP contribution < -0.4 is 4.74 Å². The monoisotopic (exact) mass is 382 g/mol. The first-order valence-corrected chi connectivity index (χ1v) is 11.5. The molecular formula is C19H26CrO3Si. The van der Waals surface area contributed by atoms with Gasteiger partial charge in [0.05, 0.1) is 0 Å². The zero-order valence-corrected chi connectivity index (χ0v) is 17.2. The number of ether oxygens (including phenoxy) is 1. The minimum absolute atomic E-state index is 0.109. The Morgan fingerprint density at radius 3 is 2.71 bits per heavy atom. The average molecular weight is 382 g/mol. The molecule has 1 rings (SSSR count). The van der Waals surface area contributed by atoms with E-state index < -0.39 is 8.56 Å². The molecule has 0 aromatic heterocycles. The summed E-state index contributed by atoms with van der Waals surface area (Å²) in [5, 5.41) is 0. The Hall–Kier alpha value is -1.14. The molecule has 3 nitrogen and oxygen atoms in total. The Kier molecular flexibility index (Phi) is 9.29. The number of para-hydroxylation sites is 1. The van der Waals surface area contributed by atoms with E-state index >= 15 is 0 Å². The van der Waals surface area contributed by atoms with Crippen LogP contribution in [0.3, 0.4) is 0 Å². The van der Waals surface area contributed by atoms with Crippen molar-refractivity contribution in [2.24, 2.45) is 0 Å². The molecule has 0 N–H and O–H groups in total. The summed E-state index contributed by atoms with van der Waals surface area (Å²) in [5.74, 6) is 7.04. The molecule has 0 aliphatic carbocycles. The molecule has 0 fully saturated rings. The molecule has 24 heavy (non-hydrogen) atoms. The molecule has 5 heteroatoms. The van der Waals surface area contributed by atoms with Gasteiger partial charge in [0, 0.05) is 0 Å². The molecule has 0 spiro atoms. The molecule has 0 amide bonds. The number of hydrogen-bond donors (Lipinski definition) is 0. The van der Waals surface area contributed by atoms with E-state index in [4.69, 9.17) is 13.6 Å². The van der Waals surface area contributed by atoms with Gasteiger partial charge < -0.3 is 0 Å². The van der Waals surface area contributed by atoms with Crippen LogP contribution in [-0.4, -0.2) is 26.3 Å². The van der Waals surface area contributed by atoms with E-state index in [1.807, 2.05) is 37.4 Å². The minimum atomic E-state index is -2.40. The molecule has 0 heterocycles. The predicted molar refractivity (Wildman–Crippen MR) is 98.0 cm³/mol. The van der Waals surface area contributed by atoms with Gasteiger partial charge >= 0.3 is 155 Å². The standard InChI is InChI=1S/C19H26O3Si.Cr/c1-6-8-9-14-18(12-7-2)22-23(4,5)21-16-17-13-10-11-15-19(17)20-3;/h6,10-11,13,15,18H,1,7-8,12H2,2-5H3;. The van der Waals surface area contributed by atoms with Gasteiger partial charge in [-0.2, -0.15) is 0 Å². The van der Waals surface area contributed by atoms with E-state index in [-0.39, 0.29) is 6.10 Å². The summed E-state index contributed by atoms with van der Waals surface area (Å²) in [7, 11) is -0.747. The first-order valence-electron chi connectivity index (χ1n) is 8.07. The molecule has 1 aromatic rings. The average Bonchev–Trinajstić information content (AvgIpc) is 2.54. The van der Waals surface area contributed by atoms with Gasteiger partial charge in [-0.1, -0.05) is 0 Å². The third kappa shape index (κ3) is 7.18. The van der Waals surface area contributed by atoms with Crippen molar-refractivity contribution < 1.29 is 29.4 Å². The Balaban J connectivity index is 2.81. The summed E-state index contributed by atoms with van der Waals surface area (Å²) >= 11 is 3.00. The fourth-order valence-corrected chi connectivity index (χ4v) is 4.80. The zero-order chi connectivity index (χ0) is 18.0. The Bertz CT molecular complexity index is 617.